The van der Waals surface area contributed by atoms with Gasteiger partial charge in [0.2, 0.25) is 0 Å². The molecule has 4 rings (SSSR count). The fourth-order valence-corrected chi connectivity index (χ4v) is 3.48. The van der Waals surface area contributed by atoms with E-state index >= 15 is 0 Å². The maximum absolute atomic E-state index is 12.9. The molecule has 0 atom stereocenters. The number of carbonyl (C=O) groups excluding carboxylic acids is 1. The van der Waals surface area contributed by atoms with Crippen molar-refractivity contribution in [1.29, 1.82) is 0 Å². The average molecular weight is 433 g/mol. The molecule has 154 valence electrons. The van der Waals surface area contributed by atoms with Gasteiger partial charge in [-0.3, -0.25) is 9.69 Å². The highest BCUT2D eigenvalue weighted by Gasteiger charge is 2.14. The smallest absolute Gasteiger partial charge is 0.252 e. The van der Waals surface area contributed by atoms with E-state index in [1.807, 2.05) is 60.7 Å². The van der Waals surface area contributed by atoms with Crippen LogP contribution in [0.1, 0.15) is 10.4 Å². The second-order valence-corrected chi connectivity index (χ2v) is 6.79. The number of aromatic nitrogens is 1. The van der Waals surface area contributed by atoms with Crippen LogP contribution < -0.4 is 10.6 Å². The Balaban J connectivity index is 0.00000150. The van der Waals surface area contributed by atoms with Crippen molar-refractivity contribution >= 4 is 41.6 Å². The van der Waals surface area contributed by atoms with Crippen molar-refractivity contribution in [2.24, 2.45) is 0 Å². The fraction of sp³-hybridized carbons (Fsp3) is 0.273. The van der Waals surface area contributed by atoms with E-state index in [2.05, 4.69) is 15.5 Å². The predicted molar refractivity (Wildman–Crippen MR) is 123 cm³/mol. The number of para-hydroxylation sites is 1. The Bertz CT molecular complexity index is 931. The number of hydrogen-bond donors (Lipinski definition) is 2. The molecule has 1 aromatic heterocycles. The lowest BCUT2D eigenvalue weighted by Crippen LogP contribution is -2.46. The standard InChI is InChI=1S/C22H24N4O.2ClH/c27-22(24-12-15-26-13-10-23-11-14-26)19-16-21(17-6-2-1-3-7-17)25-20-9-5-4-8-18(19)20;;/h1-9,16,23H,10-15H2,(H,24,27);2*1H. The summed E-state index contributed by atoms with van der Waals surface area (Å²) in [5, 5.41) is 7.32. The van der Waals surface area contributed by atoms with E-state index in [0.29, 0.717) is 12.1 Å². The zero-order valence-electron chi connectivity index (χ0n) is 16.1. The first-order chi connectivity index (χ1) is 13.3. The van der Waals surface area contributed by atoms with Crippen LogP contribution in [0, 0.1) is 0 Å². The lowest BCUT2D eigenvalue weighted by molar-refractivity contribution is 0.0949. The summed E-state index contributed by atoms with van der Waals surface area (Å²) >= 11 is 0. The van der Waals surface area contributed by atoms with Gasteiger partial charge in [-0.25, -0.2) is 4.98 Å². The minimum Gasteiger partial charge on any atom is -0.351 e. The van der Waals surface area contributed by atoms with Crippen molar-refractivity contribution in [2.45, 2.75) is 0 Å². The molecule has 5 nitrogen and oxygen atoms in total. The highest BCUT2D eigenvalue weighted by atomic mass is 35.5. The summed E-state index contributed by atoms with van der Waals surface area (Å²) in [7, 11) is 0. The molecule has 0 saturated carbocycles. The third-order valence-electron chi connectivity index (χ3n) is 4.95. The van der Waals surface area contributed by atoms with Gasteiger partial charge in [0.25, 0.3) is 5.91 Å². The maximum Gasteiger partial charge on any atom is 0.252 e. The summed E-state index contributed by atoms with van der Waals surface area (Å²) < 4.78 is 0. The van der Waals surface area contributed by atoms with E-state index in [4.69, 9.17) is 4.98 Å². The third-order valence-corrected chi connectivity index (χ3v) is 4.95. The topological polar surface area (TPSA) is 57.3 Å². The molecule has 2 aromatic carbocycles. The Morgan fingerprint density at radius 3 is 2.45 bits per heavy atom. The SMILES string of the molecule is Cl.Cl.O=C(NCCN1CCNCC1)c1cc(-c2ccccc2)nc2ccccc12. The van der Waals surface area contributed by atoms with Crippen LogP contribution in [0.2, 0.25) is 0 Å². The zero-order chi connectivity index (χ0) is 18.5. The number of fused-ring (bicyclic) bond motifs is 1. The van der Waals surface area contributed by atoms with Crippen LogP contribution in [-0.2, 0) is 0 Å². The van der Waals surface area contributed by atoms with Crippen molar-refractivity contribution < 1.29 is 4.79 Å². The molecule has 1 amide bonds. The van der Waals surface area contributed by atoms with Crippen molar-refractivity contribution in [3.8, 4) is 11.3 Å². The minimum atomic E-state index is -0.0408. The van der Waals surface area contributed by atoms with Gasteiger partial charge >= 0.3 is 0 Å². The second kappa shape index (κ2) is 11.1. The fourth-order valence-electron chi connectivity index (χ4n) is 3.48. The molecule has 3 aromatic rings. The molecule has 0 spiro atoms. The first-order valence-corrected chi connectivity index (χ1v) is 9.48. The van der Waals surface area contributed by atoms with Crippen molar-refractivity contribution in [2.75, 3.05) is 39.3 Å². The summed E-state index contributed by atoms with van der Waals surface area (Å²) in [5.41, 5.74) is 3.35. The molecule has 0 radical (unpaired) electrons. The number of hydrogen-bond acceptors (Lipinski definition) is 4. The first kappa shape index (κ1) is 23.1. The molecule has 1 aliphatic heterocycles. The van der Waals surface area contributed by atoms with Gasteiger partial charge in [0.15, 0.2) is 0 Å². The second-order valence-electron chi connectivity index (χ2n) is 6.79. The Morgan fingerprint density at radius 2 is 1.69 bits per heavy atom. The summed E-state index contributed by atoms with van der Waals surface area (Å²) in [6.07, 6.45) is 0. The highest BCUT2D eigenvalue weighted by molar-refractivity contribution is 6.07. The molecule has 1 saturated heterocycles. The molecule has 2 N–H and O–H groups in total. The quantitative estimate of drug-likeness (QED) is 0.648. The van der Waals surface area contributed by atoms with Gasteiger partial charge in [-0.05, 0) is 12.1 Å². The monoisotopic (exact) mass is 432 g/mol. The third kappa shape index (κ3) is 5.67. The van der Waals surface area contributed by atoms with E-state index in [0.717, 1.165) is 54.9 Å². The zero-order valence-corrected chi connectivity index (χ0v) is 17.8. The van der Waals surface area contributed by atoms with Gasteiger partial charge in [-0.1, -0.05) is 48.5 Å². The molecular formula is C22H26Cl2N4O. The van der Waals surface area contributed by atoms with Crippen molar-refractivity contribution in [1.82, 2.24) is 20.5 Å². The summed E-state index contributed by atoms with van der Waals surface area (Å²) in [5.74, 6) is -0.0408. The molecular weight excluding hydrogens is 407 g/mol. The molecule has 2 heterocycles. The summed E-state index contributed by atoms with van der Waals surface area (Å²) in [4.78, 5) is 20.0. The van der Waals surface area contributed by atoms with Crippen LogP contribution in [-0.4, -0.2) is 55.1 Å². The van der Waals surface area contributed by atoms with E-state index < -0.39 is 0 Å². The minimum absolute atomic E-state index is 0. The highest BCUT2D eigenvalue weighted by Crippen LogP contribution is 2.24. The van der Waals surface area contributed by atoms with Crippen LogP contribution in [0.25, 0.3) is 22.2 Å². The largest absolute Gasteiger partial charge is 0.351 e. The van der Waals surface area contributed by atoms with Gasteiger partial charge in [0, 0.05) is 50.2 Å². The van der Waals surface area contributed by atoms with Gasteiger partial charge in [-0.15, -0.1) is 24.8 Å². The number of nitrogens with one attached hydrogen (secondary N) is 2. The number of carbonyl (C=O) groups is 1. The number of benzene rings is 2. The maximum atomic E-state index is 12.9. The molecule has 1 aliphatic rings. The lowest BCUT2D eigenvalue weighted by Gasteiger charge is -2.27. The molecule has 0 unspecified atom stereocenters. The molecule has 0 bridgehead atoms. The Labute approximate surface area is 183 Å². The molecule has 0 aliphatic carbocycles. The normalized spacial score (nSPS) is 13.9. The van der Waals surface area contributed by atoms with Gasteiger partial charge in [0.1, 0.15) is 0 Å². The van der Waals surface area contributed by atoms with Gasteiger partial charge in [0.05, 0.1) is 16.8 Å². The van der Waals surface area contributed by atoms with Crippen LogP contribution in [0.3, 0.4) is 0 Å². The number of halogens is 2. The van der Waals surface area contributed by atoms with Gasteiger partial charge in [-0.2, -0.15) is 0 Å². The Morgan fingerprint density at radius 1 is 1.00 bits per heavy atom. The Kier molecular flexibility index (Phi) is 8.86. The number of piperazine rings is 1. The van der Waals surface area contributed by atoms with Crippen molar-refractivity contribution in [3.05, 3.63) is 66.2 Å². The van der Waals surface area contributed by atoms with Gasteiger partial charge < -0.3 is 10.6 Å². The lowest BCUT2D eigenvalue weighted by atomic mass is 10.0. The number of amides is 1. The van der Waals surface area contributed by atoms with E-state index in [1.165, 1.54) is 0 Å². The summed E-state index contributed by atoms with van der Waals surface area (Å²) in [6.45, 7) is 5.63. The number of rotatable bonds is 5. The summed E-state index contributed by atoms with van der Waals surface area (Å²) in [6, 6.07) is 19.7. The Hall–Kier alpha value is -2.18. The number of pyridine rings is 1. The van der Waals surface area contributed by atoms with E-state index in [1.54, 1.807) is 0 Å². The van der Waals surface area contributed by atoms with E-state index in [-0.39, 0.29) is 30.7 Å². The van der Waals surface area contributed by atoms with Crippen LogP contribution in [0.15, 0.2) is 60.7 Å². The molecule has 1 fully saturated rings. The molecule has 7 heteroatoms. The first-order valence-electron chi connectivity index (χ1n) is 9.48. The predicted octanol–water partition coefficient (Wildman–Crippen LogP) is 3.38. The van der Waals surface area contributed by atoms with Crippen LogP contribution >= 0.6 is 24.8 Å². The van der Waals surface area contributed by atoms with Crippen LogP contribution in [0.4, 0.5) is 0 Å². The van der Waals surface area contributed by atoms with E-state index in [9.17, 15) is 4.79 Å². The molecule has 29 heavy (non-hydrogen) atoms. The number of nitrogens with zero attached hydrogens (tertiary/aromatic N) is 2. The van der Waals surface area contributed by atoms with Crippen molar-refractivity contribution in [3.63, 3.8) is 0 Å². The average Bonchev–Trinajstić information content (AvgIpc) is 2.74. The van der Waals surface area contributed by atoms with Crippen LogP contribution in [0.5, 0.6) is 0 Å².